The van der Waals surface area contributed by atoms with Crippen molar-refractivity contribution in [2.75, 3.05) is 19.7 Å². The lowest BCUT2D eigenvalue weighted by molar-refractivity contribution is -0.146. The van der Waals surface area contributed by atoms with Crippen LogP contribution in [0.3, 0.4) is 0 Å². The third-order valence-electron chi connectivity index (χ3n) is 6.49. The van der Waals surface area contributed by atoms with Crippen molar-refractivity contribution >= 4 is 35.0 Å². The number of oxime groups is 1. The van der Waals surface area contributed by atoms with Gasteiger partial charge in [0.2, 0.25) is 11.8 Å². The molecule has 0 radical (unpaired) electrons. The van der Waals surface area contributed by atoms with Crippen molar-refractivity contribution in [3.05, 3.63) is 34.0 Å². The smallest absolute Gasteiger partial charge is 0.319 e. The fraction of sp³-hybridized carbons (Fsp3) is 0.615. The Bertz CT molecular complexity index is 1010. The van der Waals surface area contributed by atoms with Gasteiger partial charge in [0, 0.05) is 11.4 Å². The molecule has 0 saturated heterocycles. The summed E-state index contributed by atoms with van der Waals surface area (Å²) in [7, 11) is 0. The number of hydrogen-bond acceptors (Lipinski definition) is 8. The molecule has 37 heavy (non-hydrogen) atoms. The molecule has 2 amide bonds. The highest BCUT2D eigenvalue weighted by Crippen LogP contribution is 2.28. The number of amides is 2. The minimum absolute atomic E-state index is 0.0154. The summed E-state index contributed by atoms with van der Waals surface area (Å²) >= 11 is 1.31. The number of ether oxygens (including phenoxy) is 1. The molecule has 2 heterocycles. The normalized spacial score (nSPS) is 19.6. The zero-order chi connectivity index (χ0) is 27.0. The van der Waals surface area contributed by atoms with E-state index in [9.17, 15) is 14.4 Å². The number of amidine groups is 1. The van der Waals surface area contributed by atoms with Crippen LogP contribution in [-0.2, 0) is 25.7 Å². The van der Waals surface area contributed by atoms with E-state index < -0.39 is 12.1 Å². The first kappa shape index (κ1) is 28.6. The van der Waals surface area contributed by atoms with Gasteiger partial charge in [-0.05, 0) is 36.3 Å². The van der Waals surface area contributed by atoms with Gasteiger partial charge in [-0.25, -0.2) is 0 Å². The lowest BCUT2D eigenvalue weighted by atomic mass is 9.83. The van der Waals surface area contributed by atoms with Crippen LogP contribution in [0.2, 0.25) is 0 Å². The van der Waals surface area contributed by atoms with Gasteiger partial charge in [-0.2, -0.15) is 0 Å². The number of rotatable bonds is 10. The van der Waals surface area contributed by atoms with Crippen LogP contribution < -0.4 is 16.4 Å². The number of nitrogens with zero attached hydrogens (tertiary/aromatic N) is 2. The van der Waals surface area contributed by atoms with Gasteiger partial charge in [-0.15, -0.1) is 11.3 Å². The molecule has 1 unspecified atom stereocenters. The summed E-state index contributed by atoms with van der Waals surface area (Å²) in [5, 5.41) is 17.9. The van der Waals surface area contributed by atoms with Gasteiger partial charge in [0.15, 0.2) is 5.84 Å². The molecule has 11 heteroatoms. The zero-order valence-electron chi connectivity index (χ0n) is 21.9. The van der Waals surface area contributed by atoms with Gasteiger partial charge >= 0.3 is 5.97 Å². The highest BCUT2D eigenvalue weighted by atomic mass is 32.1. The number of thiophene rings is 1. The summed E-state index contributed by atoms with van der Waals surface area (Å²) in [6, 6.07) is 2.24. The highest BCUT2D eigenvalue weighted by Gasteiger charge is 2.38. The molecular formula is C26H39N5O5S. The monoisotopic (exact) mass is 533 g/mol. The van der Waals surface area contributed by atoms with E-state index in [0.717, 1.165) is 37.0 Å². The molecular weight excluding hydrogens is 494 g/mol. The predicted octanol–water partition coefficient (Wildman–Crippen LogP) is 2.35. The average Bonchev–Trinajstić information content (AvgIpc) is 3.56. The second-order valence-electron chi connectivity index (χ2n) is 10.8. The van der Waals surface area contributed by atoms with Crippen LogP contribution in [0, 0.1) is 11.3 Å². The van der Waals surface area contributed by atoms with E-state index in [-0.39, 0.29) is 48.0 Å². The first-order valence-corrected chi connectivity index (χ1v) is 13.6. The van der Waals surface area contributed by atoms with E-state index in [1.54, 1.807) is 23.1 Å². The highest BCUT2D eigenvalue weighted by molar-refractivity contribution is 7.14. The molecule has 2 atom stereocenters. The van der Waals surface area contributed by atoms with Crippen molar-refractivity contribution in [1.82, 2.24) is 15.5 Å². The lowest BCUT2D eigenvalue weighted by Gasteiger charge is -2.34. The van der Waals surface area contributed by atoms with E-state index in [4.69, 9.17) is 15.7 Å². The Morgan fingerprint density at radius 1 is 1.24 bits per heavy atom. The van der Waals surface area contributed by atoms with Crippen molar-refractivity contribution in [2.24, 2.45) is 22.2 Å². The molecule has 0 bridgehead atoms. The molecule has 3 rings (SSSR count). The Balaban J connectivity index is 1.62. The Morgan fingerprint density at radius 3 is 2.65 bits per heavy atom. The van der Waals surface area contributed by atoms with Gasteiger partial charge < -0.3 is 25.9 Å². The van der Waals surface area contributed by atoms with Gasteiger partial charge in [0.05, 0.1) is 30.6 Å². The largest absolute Gasteiger partial charge is 0.464 e. The van der Waals surface area contributed by atoms with Crippen molar-refractivity contribution in [2.45, 2.75) is 71.5 Å². The molecule has 2 aliphatic rings. The third kappa shape index (κ3) is 8.29. The molecule has 1 aliphatic carbocycles. The van der Waals surface area contributed by atoms with Crippen LogP contribution in [0.15, 0.2) is 29.4 Å². The number of esters is 1. The second-order valence-corrected chi connectivity index (χ2v) is 12.0. The Hall–Kier alpha value is -2.92. The molecule has 10 nitrogen and oxygen atoms in total. The maximum absolute atomic E-state index is 13.7. The number of carbonyl (C=O) groups excluding carboxylic acids is 3. The summed E-state index contributed by atoms with van der Waals surface area (Å²) in [6.07, 6.45) is 8.58. The topological polar surface area (TPSA) is 146 Å². The predicted molar refractivity (Wildman–Crippen MR) is 142 cm³/mol. The van der Waals surface area contributed by atoms with Gasteiger partial charge in [0.1, 0.15) is 6.04 Å². The maximum atomic E-state index is 13.7. The first-order chi connectivity index (χ1) is 17.6. The summed E-state index contributed by atoms with van der Waals surface area (Å²) < 4.78 is 5.38. The van der Waals surface area contributed by atoms with E-state index in [1.165, 1.54) is 11.3 Å². The quantitative estimate of drug-likeness (QED) is 0.0902. The molecule has 1 fully saturated rings. The SMILES string of the molecule is CC(C)(C)COC(=O)CN[C@H](C(=O)N1CC=CC1C(=O)NCc1ccc(/C(N)=N/O)s1)C1CCCCC1. The van der Waals surface area contributed by atoms with Crippen LogP contribution in [0.1, 0.15) is 62.6 Å². The fourth-order valence-electron chi connectivity index (χ4n) is 4.56. The van der Waals surface area contributed by atoms with Crippen LogP contribution in [-0.4, -0.2) is 65.5 Å². The number of carbonyl (C=O) groups is 3. The minimum atomic E-state index is -0.725. The van der Waals surface area contributed by atoms with Gasteiger partial charge in [-0.1, -0.05) is 57.3 Å². The molecule has 0 spiro atoms. The summed E-state index contributed by atoms with van der Waals surface area (Å²) in [5.41, 5.74) is 5.48. The molecule has 0 aromatic carbocycles. The van der Waals surface area contributed by atoms with Crippen LogP contribution in [0.4, 0.5) is 0 Å². The third-order valence-corrected chi connectivity index (χ3v) is 7.59. The maximum Gasteiger partial charge on any atom is 0.319 e. The average molecular weight is 534 g/mol. The van der Waals surface area contributed by atoms with E-state index >= 15 is 0 Å². The van der Waals surface area contributed by atoms with Gasteiger partial charge in [-0.3, -0.25) is 19.7 Å². The van der Waals surface area contributed by atoms with E-state index in [2.05, 4.69) is 15.8 Å². The van der Waals surface area contributed by atoms with Gasteiger partial charge in [0.25, 0.3) is 0 Å². The van der Waals surface area contributed by atoms with Crippen molar-refractivity contribution < 1.29 is 24.3 Å². The fourth-order valence-corrected chi connectivity index (χ4v) is 5.40. The Morgan fingerprint density at radius 2 is 1.97 bits per heavy atom. The van der Waals surface area contributed by atoms with Crippen LogP contribution >= 0.6 is 11.3 Å². The number of nitrogens with one attached hydrogen (secondary N) is 2. The zero-order valence-corrected chi connectivity index (χ0v) is 22.7. The molecule has 1 saturated carbocycles. The number of hydrogen-bond donors (Lipinski definition) is 4. The minimum Gasteiger partial charge on any atom is -0.464 e. The Labute approximate surface area is 222 Å². The molecule has 1 aromatic rings. The van der Waals surface area contributed by atoms with E-state index in [1.807, 2.05) is 26.8 Å². The molecule has 1 aliphatic heterocycles. The van der Waals surface area contributed by atoms with Crippen molar-refractivity contribution in [3.63, 3.8) is 0 Å². The summed E-state index contributed by atoms with van der Waals surface area (Å²) in [4.78, 5) is 42.1. The lowest BCUT2D eigenvalue weighted by Crippen LogP contribution is -2.56. The van der Waals surface area contributed by atoms with Crippen molar-refractivity contribution in [3.8, 4) is 0 Å². The van der Waals surface area contributed by atoms with E-state index in [0.29, 0.717) is 18.0 Å². The first-order valence-electron chi connectivity index (χ1n) is 12.8. The molecule has 1 aromatic heterocycles. The number of nitrogens with two attached hydrogens (primary N) is 1. The van der Waals surface area contributed by atoms with Crippen LogP contribution in [0.5, 0.6) is 0 Å². The summed E-state index contributed by atoms with van der Waals surface area (Å²) in [5.74, 6) is -0.732. The standard InChI is InChI=1S/C26H39N5O5S/c1-26(2,3)16-36-21(32)15-28-22(17-8-5-4-6-9-17)25(34)31-13-7-10-19(31)24(33)29-14-18-11-12-20(37-18)23(27)30-35/h7,10-12,17,19,22,28,35H,4-6,8-9,13-16H2,1-3H3,(H2,27,30)(H,29,33)/t19?,22-/m0/s1. The molecule has 204 valence electrons. The van der Waals surface area contributed by atoms with Crippen LogP contribution in [0.25, 0.3) is 0 Å². The van der Waals surface area contributed by atoms with Crippen molar-refractivity contribution in [1.29, 1.82) is 0 Å². The Kier molecular flexibility index (Phi) is 10.1. The molecule has 5 N–H and O–H groups in total. The second kappa shape index (κ2) is 13.0. The summed E-state index contributed by atoms with van der Waals surface area (Å²) in [6.45, 7) is 6.82.